The summed E-state index contributed by atoms with van der Waals surface area (Å²) in [6, 6.07) is 0.429. The Kier molecular flexibility index (Phi) is 6.88. The van der Waals surface area contributed by atoms with E-state index in [1.54, 1.807) is 0 Å². The average molecular weight is 235 g/mol. The van der Waals surface area contributed by atoms with E-state index in [9.17, 15) is 8.78 Å². The van der Waals surface area contributed by atoms with Gasteiger partial charge in [-0.15, -0.1) is 0 Å². The zero-order valence-electron chi connectivity index (χ0n) is 10.1. The summed E-state index contributed by atoms with van der Waals surface area (Å²) in [6.45, 7) is 0.00739. The zero-order valence-corrected chi connectivity index (χ0v) is 10.1. The summed E-state index contributed by atoms with van der Waals surface area (Å²) >= 11 is 0. The summed E-state index contributed by atoms with van der Waals surface area (Å²) in [4.78, 5) is 0. The van der Waals surface area contributed by atoms with E-state index >= 15 is 0 Å². The van der Waals surface area contributed by atoms with Gasteiger partial charge < -0.3 is 10.1 Å². The highest BCUT2D eigenvalue weighted by Gasteiger charge is 2.21. The largest absolute Gasteiger partial charge is 0.375 e. The molecule has 1 rings (SSSR count). The first-order chi connectivity index (χ1) is 7.74. The first kappa shape index (κ1) is 13.8. The first-order valence-electron chi connectivity index (χ1n) is 6.27. The van der Waals surface area contributed by atoms with Crippen molar-refractivity contribution < 1.29 is 13.5 Å². The number of hydrogen-bond donors (Lipinski definition) is 1. The highest BCUT2D eigenvalue weighted by molar-refractivity contribution is 4.78. The Morgan fingerprint density at radius 1 is 1.25 bits per heavy atom. The Balaban J connectivity index is 2.15. The fourth-order valence-electron chi connectivity index (χ4n) is 2.53. The van der Waals surface area contributed by atoms with E-state index in [0.717, 1.165) is 6.42 Å². The van der Waals surface area contributed by atoms with Crippen LogP contribution in [0, 0.1) is 5.92 Å². The van der Waals surface area contributed by atoms with Crippen LogP contribution in [0.1, 0.15) is 38.5 Å². The molecule has 1 aliphatic rings. The molecule has 0 aliphatic heterocycles. The van der Waals surface area contributed by atoms with E-state index in [1.165, 1.54) is 32.1 Å². The standard InChI is InChI=1S/C12H23F2NO/c1-15-11(7-8-16-9-12(13)14)10-5-3-2-4-6-10/h10-12,15H,2-9H2,1H3. The summed E-state index contributed by atoms with van der Waals surface area (Å²) in [5.74, 6) is 0.703. The summed E-state index contributed by atoms with van der Waals surface area (Å²) < 4.78 is 28.6. The SMILES string of the molecule is CNC(CCOCC(F)F)C1CCCCC1. The molecule has 4 heteroatoms. The highest BCUT2D eigenvalue weighted by atomic mass is 19.3. The molecule has 1 aliphatic carbocycles. The third kappa shape index (κ3) is 5.21. The molecule has 16 heavy (non-hydrogen) atoms. The van der Waals surface area contributed by atoms with Crippen LogP contribution in [-0.2, 0) is 4.74 Å². The van der Waals surface area contributed by atoms with Crippen molar-refractivity contribution in [2.75, 3.05) is 20.3 Å². The van der Waals surface area contributed by atoms with Crippen LogP contribution in [0.2, 0.25) is 0 Å². The lowest BCUT2D eigenvalue weighted by molar-refractivity contribution is 0.0124. The zero-order chi connectivity index (χ0) is 11.8. The molecule has 0 bridgehead atoms. The summed E-state index contributed by atoms with van der Waals surface area (Å²) in [5.41, 5.74) is 0. The van der Waals surface area contributed by atoms with Crippen LogP contribution < -0.4 is 5.32 Å². The summed E-state index contributed by atoms with van der Waals surface area (Å²) in [6.07, 6.45) is 4.98. The number of halogens is 2. The molecule has 0 amide bonds. The van der Waals surface area contributed by atoms with Crippen molar-refractivity contribution in [2.45, 2.75) is 51.0 Å². The fourth-order valence-corrected chi connectivity index (χ4v) is 2.53. The van der Waals surface area contributed by atoms with Crippen LogP contribution in [-0.4, -0.2) is 32.7 Å². The quantitative estimate of drug-likeness (QED) is 0.685. The van der Waals surface area contributed by atoms with Gasteiger partial charge >= 0.3 is 0 Å². The molecule has 2 nitrogen and oxygen atoms in total. The Labute approximate surface area is 96.7 Å². The molecule has 96 valence electrons. The Hall–Kier alpha value is -0.220. The van der Waals surface area contributed by atoms with Gasteiger partial charge in [-0.1, -0.05) is 19.3 Å². The maximum absolute atomic E-state index is 11.9. The minimum atomic E-state index is -2.34. The minimum absolute atomic E-state index is 0.429. The molecule has 0 radical (unpaired) electrons. The lowest BCUT2D eigenvalue weighted by Gasteiger charge is -2.30. The lowest BCUT2D eigenvalue weighted by atomic mass is 9.83. The van der Waals surface area contributed by atoms with Crippen molar-refractivity contribution in [2.24, 2.45) is 5.92 Å². The molecule has 1 atom stereocenters. The third-order valence-corrected chi connectivity index (χ3v) is 3.41. The highest BCUT2D eigenvalue weighted by Crippen LogP contribution is 2.27. The molecule has 0 heterocycles. The summed E-state index contributed by atoms with van der Waals surface area (Å²) in [5, 5.41) is 3.29. The number of ether oxygens (including phenoxy) is 1. The van der Waals surface area contributed by atoms with Gasteiger partial charge in [0.2, 0.25) is 0 Å². The summed E-state index contributed by atoms with van der Waals surface area (Å²) in [7, 11) is 1.95. The van der Waals surface area contributed by atoms with Crippen molar-refractivity contribution in [3.8, 4) is 0 Å². The smallest absolute Gasteiger partial charge is 0.261 e. The molecule has 1 unspecified atom stereocenters. The van der Waals surface area contributed by atoms with Crippen molar-refractivity contribution in [3.63, 3.8) is 0 Å². The van der Waals surface area contributed by atoms with Crippen LogP contribution in [0.25, 0.3) is 0 Å². The van der Waals surface area contributed by atoms with Gasteiger partial charge in [-0.25, -0.2) is 8.78 Å². The van der Waals surface area contributed by atoms with Crippen molar-refractivity contribution in [3.05, 3.63) is 0 Å². The van der Waals surface area contributed by atoms with Gasteiger partial charge in [-0.05, 0) is 32.2 Å². The molecular weight excluding hydrogens is 212 g/mol. The van der Waals surface area contributed by atoms with E-state index < -0.39 is 13.0 Å². The molecule has 0 aromatic heterocycles. The Morgan fingerprint density at radius 3 is 2.50 bits per heavy atom. The van der Waals surface area contributed by atoms with Gasteiger partial charge in [0, 0.05) is 12.6 Å². The molecular formula is C12H23F2NO. The van der Waals surface area contributed by atoms with Gasteiger partial charge in [0.05, 0.1) is 0 Å². The second kappa shape index (κ2) is 7.96. The number of nitrogens with one attached hydrogen (secondary N) is 1. The van der Waals surface area contributed by atoms with Gasteiger partial charge in [0.1, 0.15) is 6.61 Å². The van der Waals surface area contributed by atoms with Crippen LogP contribution in [0.5, 0.6) is 0 Å². The molecule has 0 spiro atoms. The molecule has 1 saturated carbocycles. The third-order valence-electron chi connectivity index (χ3n) is 3.41. The van der Waals surface area contributed by atoms with Gasteiger partial charge in [-0.2, -0.15) is 0 Å². The first-order valence-corrected chi connectivity index (χ1v) is 6.27. The monoisotopic (exact) mass is 235 g/mol. The lowest BCUT2D eigenvalue weighted by Crippen LogP contribution is -2.36. The molecule has 1 fully saturated rings. The van der Waals surface area contributed by atoms with Crippen LogP contribution >= 0.6 is 0 Å². The molecule has 0 aromatic rings. The maximum Gasteiger partial charge on any atom is 0.261 e. The molecule has 0 saturated heterocycles. The second-order valence-corrected chi connectivity index (χ2v) is 4.55. The minimum Gasteiger partial charge on any atom is -0.375 e. The fraction of sp³-hybridized carbons (Fsp3) is 1.00. The topological polar surface area (TPSA) is 21.3 Å². The van der Waals surface area contributed by atoms with Crippen LogP contribution in [0.15, 0.2) is 0 Å². The van der Waals surface area contributed by atoms with Crippen LogP contribution in [0.4, 0.5) is 8.78 Å². The Morgan fingerprint density at radius 2 is 1.94 bits per heavy atom. The van der Waals surface area contributed by atoms with Crippen molar-refractivity contribution >= 4 is 0 Å². The second-order valence-electron chi connectivity index (χ2n) is 4.55. The van der Waals surface area contributed by atoms with E-state index in [0.29, 0.717) is 18.6 Å². The predicted molar refractivity (Wildman–Crippen MR) is 60.9 cm³/mol. The van der Waals surface area contributed by atoms with Gasteiger partial charge in [-0.3, -0.25) is 0 Å². The van der Waals surface area contributed by atoms with E-state index in [1.807, 2.05) is 7.05 Å². The number of rotatable bonds is 7. The Bertz CT molecular complexity index is 172. The van der Waals surface area contributed by atoms with E-state index in [-0.39, 0.29) is 0 Å². The number of hydrogen-bond acceptors (Lipinski definition) is 2. The molecule has 1 N–H and O–H groups in total. The van der Waals surface area contributed by atoms with Crippen LogP contribution in [0.3, 0.4) is 0 Å². The van der Waals surface area contributed by atoms with E-state index in [2.05, 4.69) is 5.32 Å². The average Bonchev–Trinajstić information content (AvgIpc) is 2.30. The normalized spacial score (nSPS) is 20.2. The molecule has 0 aromatic carbocycles. The van der Waals surface area contributed by atoms with E-state index in [4.69, 9.17) is 4.74 Å². The number of alkyl halides is 2. The maximum atomic E-state index is 11.9. The van der Waals surface area contributed by atoms with Crippen molar-refractivity contribution in [1.29, 1.82) is 0 Å². The van der Waals surface area contributed by atoms with Gasteiger partial charge in [0.15, 0.2) is 0 Å². The van der Waals surface area contributed by atoms with Crippen molar-refractivity contribution in [1.82, 2.24) is 5.32 Å². The van der Waals surface area contributed by atoms with Gasteiger partial charge in [0.25, 0.3) is 6.43 Å². The predicted octanol–water partition coefficient (Wildman–Crippen LogP) is 2.83.